The largest absolute Gasteiger partial charge is 0.304 e. The lowest BCUT2D eigenvalue weighted by molar-refractivity contribution is 0.147. The van der Waals surface area contributed by atoms with Crippen molar-refractivity contribution in [2.45, 2.75) is 20.0 Å². The van der Waals surface area contributed by atoms with E-state index < -0.39 is 0 Å². The van der Waals surface area contributed by atoms with Crippen LogP contribution >= 0.6 is 24.8 Å². The van der Waals surface area contributed by atoms with Gasteiger partial charge in [0.2, 0.25) is 0 Å². The van der Waals surface area contributed by atoms with Crippen LogP contribution in [0.4, 0.5) is 4.39 Å². The lowest BCUT2D eigenvalue weighted by atomic mass is 10.1. The summed E-state index contributed by atoms with van der Waals surface area (Å²) in [6.07, 6.45) is 3.94. The standard InChI is InChI=1S/C26H29FN4O.2ClH/c1-20-17-22(10-11-24(20)27)25-18-23(19-30-15-13-29(2)14-16-30)26(32)31(28-25)12-6-9-21-7-4-3-5-8-21;;/h3-11,17-18H,12-16,19H2,1-2H3;2*1H. The summed E-state index contributed by atoms with van der Waals surface area (Å²) in [6, 6.07) is 16.8. The number of likely N-dealkylation sites (N-methyl/N-ethyl adjacent to an activating group) is 1. The first-order valence-electron chi connectivity index (χ1n) is 11.0. The zero-order chi connectivity index (χ0) is 22.5. The fraction of sp³-hybridized carbons (Fsp3) is 0.308. The summed E-state index contributed by atoms with van der Waals surface area (Å²) in [6.45, 7) is 6.53. The van der Waals surface area contributed by atoms with Crippen molar-refractivity contribution >= 4 is 30.9 Å². The van der Waals surface area contributed by atoms with Crippen molar-refractivity contribution in [3.63, 3.8) is 0 Å². The van der Waals surface area contributed by atoms with Gasteiger partial charge in [0.25, 0.3) is 5.56 Å². The van der Waals surface area contributed by atoms with Gasteiger partial charge >= 0.3 is 0 Å². The maximum Gasteiger partial charge on any atom is 0.271 e. The third-order valence-electron chi connectivity index (χ3n) is 5.88. The van der Waals surface area contributed by atoms with E-state index in [0.29, 0.717) is 24.3 Å². The number of benzene rings is 2. The number of halogens is 3. The van der Waals surface area contributed by atoms with Crippen molar-refractivity contribution in [1.29, 1.82) is 0 Å². The maximum absolute atomic E-state index is 13.8. The Balaban J connectivity index is 0.00000204. The molecule has 1 aliphatic rings. The van der Waals surface area contributed by atoms with E-state index in [0.717, 1.165) is 42.9 Å². The van der Waals surface area contributed by atoms with Gasteiger partial charge in [0.1, 0.15) is 5.82 Å². The number of hydrogen-bond donors (Lipinski definition) is 0. The second-order valence-electron chi connectivity index (χ2n) is 8.40. The molecule has 5 nitrogen and oxygen atoms in total. The van der Waals surface area contributed by atoms with E-state index >= 15 is 0 Å². The van der Waals surface area contributed by atoms with E-state index in [2.05, 4.69) is 21.9 Å². The molecule has 2 aromatic carbocycles. The van der Waals surface area contributed by atoms with Crippen LogP contribution in [0.15, 0.2) is 65.5 Å². The Morgan fingerprint density at radius 2 is 1.71 bits per heavy atom. The van der Waals surface area contributed by atoms with Crippen LogP contribution in [0.2, 0.25) is 0 Å². The van der Waals surface area contributed by atoms with E-state index in [1.54, 1.807) is 19.1 Å². The van der Waals surface area contributed by atoms with Gasteiger partial charge in [0.05, 0.1) is 12.2 Å². The van der Waals surface area contributed by atoms with Crippen LogP contribution in [0, 0.1) is 12.7 Å². The molecule has 1 aromatic heterocycles. The molecule has 8 heteroatoms. The highest BCUT2D eigenvalue weighted by Crippen LogP contribution is 2.20. The van der Waals surface area contributed by atoms with Gasteiger partial charge in [-0.25, -0.2) is 9.07 Å². The topological polar surface area (TPSA) is 41.4 Å². The van der Waals surface area contributed by atoms with Gasteiger partial charge in [0.15, 0.2) is 0 Å². The highest BCUT2D eigenvalue weighted by atomic mass is 35.5. The van der Waals surface area contributed by atoms with Crippen molar-refractivity contribution in [2.75, 3.05) is 33.2 Å². The first kappa shape index (κ1) is 27.7. The summed E-state index contributed by atoms with van der Waals surface area (Å²) in [4.78, 5) is 17.8. The Kier molecular flexibility index (Phi) is 10.5. The summed E-state index contributed by atoms with van der Waals surface area (Å²) < 4.78 is 15.3. The van der Waals surface area contributed by atoms with E-state index in [-0.39, 0.29) is 36.2 Å². The third-order valence-corrected chi connectivity index (χ3v) is 5.88. The molecule has 0 aliphatic carbocycles. The Morgan fingerprint density at radius 3 is 2.38 bits per heavy atom. The molecule has 34 heavy (non-hydrogen) atoms. The molecule has 1 aliphatic heterocycles. The van der Waals surface area contributed by atoms with Gasteiger partial charge < -0.3 is 4.90 Å². The van der Waals surface area contributed by atoms with E-state index in [1.165, 1.54) is 10.7 Å². The van der Waals surface area contributed by atoms with E-state index in [9.17, 15) is 9.18 Å². The number of rotatable bonds is 6. The predicted octanol–water partition coefficient (Wildman–Crippen LogP) is 4.66. The molecule has 3 aromatic rings. The Bertz CT molecular complexity index is 1160. The molecule has 4 rings (SSSR count). The molecule has 0 bridgehead atoms. The lowest BCUT2D eigenvalue weighted by Crippen LogP contribution is -2.44. The number of piperazine rings is 1. The Labute approximate surface area is 212 Å². The van der Waals surface area contributed by atoms with Gasteiger partial charge in [-0.15, -0.1) is 24.8 Å². The van der Waals surface area contributed by atoms with Crippen LogP contribution in [0.25, 0.3) is 17.3 Å². The number of allylic oxidation sites excluding steroid dienone is 1. The van der Waals surface area contributed by atoms with Crippen LogP contribution in [0.5, 0.6) is 0 Å². The SMILES string of the molecule is Cc1cc(-c2cc(CN3CCN(C)CC3)c(=O)n(CC=Cc3ccccc3)n2)ccc1F.Cl.Cl. The van der Waals surface area contributed by atoms with Crippen molar-refractivity contribution in [2.24, 2.45) is 0 Å². The van der Waals surface area contributed by atoms with Gasteiger partial charge in [-0.2, -0.15) is 5.10 Å². The Hall–Kier alpha value is -2.51. The van der Waals surface area contributed by atoms with Crippen molar-refractivity contribution in [3.05, 3.63) is 93.5 Å². The van der Waals surface area contributed by atoms with Crippen LogP contribution in [-0.4, -0.2) is 52.8 Å². The third kappa shape index (κ3) is 7.00. The fourth-order valence-corrected chi connectivity index (χ4v) is 3.88. The molecule has 0 saturated carbocycles. The smallest absolute Gasteiger partial charge is 0.271 e. The van der Waals surface area contributed by atoms with Gasteiger partial charge in [-0.1, -0.05) is 42.5 Å². The number of hydrogen-bond acceptors (Lipinski definition) is 4. The molecule has 0 atom stereocenters. The number of nitrogens with zero attached hydrogens (tertiary/aromatic N) is 4. The highest BCUT2D eigenvalue weighted by Gasteiger charge is 2.17. The minimum absolute atomic E-state index is 0. The van der Waals surface area contributed by atoms with Crippen molar-refractivity contribution in [3.8, 4) is 11.3 Å². The predicted molar refractivity (Wildman–Crippen MR) is 141 cm³/mol. The van der Waals surface area contributed by atoms with Crippen LogP contribution in [0.3, 0.4) is 0 Å². The van der Waals surface area contributed by atoms with E-state index in [1.807, 2.05) is 48.6 Å². The summed E-state index contributed by atoms with van der Waals surface area (Å²) >= 11 is 0. The quantitative estimate of drug-likeness (QED) is 0.489. The molecule has 1 saturated heterocycles. The fourth-order valence-electron chi connectivity index (χ4n) is 3.88. The maximum atomic E-state index is 13.8. The van der Waals surface area contributed by atoms with Gasteiger partial charge in [-0.05, 0) is 49.4 Å². The summed E-state index contributed by atoms with van der Waals surface area (Å²) in [7, 11) is 2.12. The molecule has 2 heterocycles. The molecule has 0 unspecified atom stereocenters. The summed E-state index contributed by atoms with van der Waals surface area (Å²) in [5, 5.41) is 4.61. The van der Waals surface area contributed by atoms with Crippen molar-refractivity contribution in [1.82, 2.24) is 19.6 Å². The molecule has 0 amide bonds. The van der Waals surface area contributed by atoms with E-state index in [4.69, 9.17) is 0 Å². The minimum atomic E-state index is -0.245. The van der Waals surface area contributed by atoms with Crippen LogP contribution < -0.4 is 5.56 Å². The molecule has 182 valence electrons. The normalized spacial score (nSPS) is 14.6. The van der Waals surface area contributed by atoms with Crippen LogP contribution in [-0.2, 0) is 13.1 Å². The molecule has 0 spiro atoms. The second-order valence-corrected chi connectivity index (χ2v) is 8.40. The molecular weight excluding hydrogens is 474 g/mol. The van der Waals surface area contributed by atoms with Gasteiger partial charge in [-0.3, -0.25) is 9.69 Å². The lowest BCUT2D eigenvalue weighted by Gasteiger charge is -2.32. The first-order chi connectivity index (χ1) is 15.5. The first-order valence-corrected chi connectivity index (χ1v) is 11.0. The monoisotopic (exact) mass is 504 g/mol. The molecule has 0 N–H and O–H groups in total. The van der Waals surface area contributed by atoms with Crippen molar-refractivity contribution < 1.29 is 4.39 Å². The zero-order valence-electron chi connectivity index (χ0n) is 19.5. The van der Waals surface area contributed by atoms with Crippen LogP contribution in [0.1, 0.15) is 16.7 Å². The zero-order valence-corrected chi connectivity index (χ0v) is 21.1. The Morgan fingerprint density at radius 1 is 1.00 bits per heavy atom. The highest BCUT2D eigenvalue weighted by molar-refractivity contribution is 5.85. The molecule has 1 fully saturated rings. The summed E-state index contributed by atoms with van der Waals surface area (Å²) in [5.74, 6) is -0.245. The second kappa shape index (κ2) is 12.8. The molecular formula is C26H31Cl2FN4O. The number of aryl methyl sites for hydroxylation is 1. The average Bonchev–Trinajstić information content (AvgIpc) is 2.80. The number of aromatic nitrogens is 2. The summed E-state index contributed by atoms with van der Waals surface area (Å²) in [5.41, 5.74) is 3.77. The minimum Gasteiger partial charge on any atom is -0.304 e. The average molecular weight is 505 g/mol. The molecule has 0 radical (unpaired) electrons. The van der Waals surface area contributed by atoms with Gasteiger partial charge in [0, 0.05) is 43.9 Å².